The summed E-state index contributed by atoms with van der Waals surface area (Å²) in [5.74, 6) is -2.50. The summed E-state index contributed by atoms with van der Waals surface area (Å²) in [7, 11) is 0. The highest BCUT2D eigenvalue weighted by Crippen LogP contribution is 2.61. The number of halogens is 1. The van der Waals surface area contributed by atoms with Crippen molar-refractivity contribution in [3.05, 3.63) is 66.2 Å². The summed E-state index contributed by atoms with van der Waals surface area (Å²) >= 11 is 3.72. The summed E-state index contributed by atoms with van der Waals surface area (Å²) in [5, 5.41) is 16.8. The first kappa shape index (κ1) is 26.5. The standard InChI is InChI=1S/C30H34BrN3O5/c31-21-16-30-24(23(25(21)39-30)27(36)32-19-12-6-2-7-13-19)29(38)34(22(17-35)18-10-4-1-5-11-18)26(30)28(37)33-20-14-8-3-9-15-20/h1-2,4-7,10-13,20-26,35H,3,8-9,14-17H2,(H,32,36)(H,33,37)/t21?,22-,23+,24+,25+,26?,30?/m1/s1. The average Bonchev–Trinajstić information content (AvgIpc) is 3.54. The molecule has 3 N–H and O–H groups in total. The second-order valence-corrected chi connectivity index (χ2v) is 12.4. The van der Waals surface area contributed by atoms with E-state index < -0.39 is 35.6 Å². The van der Waals surface area contributed by atoms with Gasteiger partial charge in [0, 0.05) is 16.6 Å². The van der Waals surface area contributed by atoms with Gasteiger partial charge in [0.15, 0.2) is 0 Å². The van der Waals surface area contributed by atoms with Crippen molar-refractivity contribution in [3.63, 3.8) is 0 Å². The first-order valence-corrected chi connectivity index (χ1v) is 14.8. The zero-order valence-electron chi connectivity index (χ0n) is 21.7. The van der Waals surface area contributed by atoms with Gasteiger partial charge >= 0.3 is 0 Å². The Labute approximate surface area is 236 Å². The molecule has 4 aliphatic rings. The number of benzene rings is 2. The molecular weight excluding hydrogens is 562 g/mol. The van der Waals surface area contributed by atoms with Crippen molar-refractivity contribution >= 4 is 39.3 Å². The van der Waals surface area contributed by atoms with E-state index in [1.807, 2.05) is 48.5 Å². The maximum absolute atomic E-state index is 14.4. The number of hydrogen-bond acceptors (Lipinski definition) is 5. The van der Waals surface area contributed by atoms with Gasteiger partial charge in [0.05, 0.1) is 30.6 Å². The number of aliphatic hydroxyl groups is 1. The highest BCUT2D eigenvalue weighted by molar-refractivity contribution is 9.09. The van der Waals surface area contributed by atoms with Gasteiger partial charge in [-0.25, -0.2) is 0 Å². The maximum atomic E-state index is 14.4. The summed E-state index contributed by atoms with van der Waals surface area (Å²) < 4.78 is 6.61. The van der Waals surface area contributed by atoms with E-state index in [0.29, 0.717) is 12.1 Å². The third-order valence-electron chi connectivity index (χ3n) is 8.96. The number of carbonyl (C=O) groups is 3. The van der Waals surface area contributed by atoms with Gasteiger partial charge in [-0.05, 0) is 37.0 Å². The van der Waals surface area contributed by atoms with E-state index in [1.165, 1.54) is 4.90 Å². The minimum absolute atomic E-state index is 0.0403. The van der Waals surface area contributed by atoms with E-state index in [4.69, 9.17) is 4.74 Å². The maximum Gasteiger partial charge on any atom is 0.246 e. The van der Waals surface area contributed by atoms with E-state index in [2.05, 4.69) is 26.6 Å². The molecule has 3 saturated heterocycles. The van der Waals surface area contributed by atoms with E-state index in [9.17, 15) is 19.5 Å². The van der Waals surface area contributed by atoms with Crippen molar-refractivity contribution in [2.45, 2.75) is 73.2 Å². The van der Waals surface area contributed by atoms with E-state index in [-0.39, 0.29) is 35.2 Å². The van der Waals surface area contributed by atoms with Crippen LogP contribution in [0.4, 0.5) is 5.69 Å². The average molecular weight is 597 g/mol. The van der Waals surface area contributed by atoms with E-state index in [0.717, 1.165) is 37.7 Å². The van der Waals surface area contributed by atoms with Crippen LogP contribution in [0.3, 0.4) is 0 Å². The van der Waals surface area contributed by atoms with E-state index >= 15 is 0 Å². The van der Waals surface area contributed by atoms with Crippen LogP contribution >= 0.6 is 15.9 Å². The van der Waals surface area contributed by atoms with Crippen LogP contribution in [0.1, 0.15) is 50.1 Å². The number of para-hydroxylation sites is 1. The van der Waals surface area contributed by atoms with Gasteiger partial charge in [0.2, 0.25) is 17.7 Å². The lowest BCUT2D eigenvalue weighted by atomic mass is 9.70. The number of anilines is 1. The van der Waals surface area contributed by atoms with Crippen LogP contribution in [0.2, 0.25) is 0 Å². The number of alkyl halides is 1. The van der Waals surface area contributed by atoms with Crippen LogP contribution in [0.25, 0.3) is 0 Å². The number of aliphatic hydroxyl groups excluding tert-OH is 1. The molecule has 2 aromatic rings. The predicted molar refractivity (Wildman–Crippen MR) is 149 cm³/mol. The predicted octanol–water partition coefficient (Wildman–Crippen LogP) is 3.56. The van der Waals surface area contributed by atoms with Crippen LogP contribution in [0.5, 0.6) is 0 Å². The third kappa shape index (κ3) is 4.48. The van der Waals surface area contributed by atoms with Crippen molar-refractivity contribution in [1.29, 1.82) is 0 Å². The monoisotopic (exact) mass is 595 g/mol. The number of nitrogens with one attached hydrogen (secondary N) is 2. The number of rotatable bonds is 7. The first-order valence-electron chi connectivity index (χ1n) is 13.9. The fourth-order valence-corrected chi connectivity index (χ4v) is 8.25. The second-order valence-electron chi connectivity index (χ2n) is 11.2. The molecule has 3 unspecified atom stereocenters. The molecule has 7 atom stereocenters. The number of hydrogen-bond donors (Lipinski definition) is 3. The molecule has 2 aromatic carbocycles. The molecule has 3 aliphatic heterocycles. The van der Waals surface area contributed by atoms with Crippen LogP contribution < -0.4 is 10.6 Å². The lowest BCUT2D eigenvalue weighted by molar-refractivity contribution is -0.145. The molecule has 39 heavy (non-hydrogen) atoms. The fraction of sp³-hybridized carbons (Fsp3) is 0.500. The third-order valence-corrected chi connectivity index (χ3v) is 9.81. The smallest absolute Gasteiger partial charge is 0.246 e. The van der Waals surface area contributed by atoms with Gasteiger partial charge < -0.3 is 25.4 Å². The zero-order chi connectivity index (χ0) is 27.1. The lowest BCUT2D eigenvalue weighted by Gasteiger charge is -2.38. The summed E-state index contributed by atoms with van der Waals surface area (Å²) in [4.78, 5) is 43.6. The normalized spacial score (nSPS) is 32.6. The molecule has 206 valence electrons. The number of ether oxygens (including phenoxy) is 1. The minimum Gasteiger partial charge on any atom is -0.394 e. The Kier molecular flexibility index (Phi) is 7.24. The quantitative estimate of drug-likeness (QED) is 0.424. The lowest BCUT2D eigenvalue weighted by Crippen LogP contribution is -2.58. The SMILES string of the molecule is O=C(NC1CCCCC1)C1N([C@H](CO)c2ccccc2)C(=O)[C@@H]2[C@H](C(=O)Nc3ccccc3)[C@H]3OC12CC3Br. The minimum atomic E-state index is -1.17. The molecule has 9 heteroatoms. The van der Waals surface area contributed by atoms with Gasteiger partial charge in [-0.3, -0.25) is 14.4 Å². The van der Waals surface area contributed by atoms with Crippen molar-refractivity contribution < 1.29 is 24.2 Å². The molecule has 6 rings (SSSR count). The molecule has 1 spiro atoms. The summed E-state index contributed by atoms with van der Waals surface area (Å²) in [5.41, 5.74) is 0.197. The zero-order valence-corrected chi connectivity index (χ0v) is 23.3. The molecule has 3 heterocycles. The Balaban J connectivity index is 1.39. The van der Waals surface area contributed by atoms with Crippen LogP contribution in [0, 0.1) is 11.8 Å². The van der Waals surface area contributed by atoms with Crippen LogP contribution in [-0.2, 0) is 19.1 Å². The fourth-order valence-electron chi connectivity index (χ4n) is 7.31. The van der Waals surface area contributed by atoms with Gasteiger partial charge in [0.25, 0.3) is 0 Å². The Morgan fingerprint density at radius 2 is 1.69 bits per heavy atom. The topological polar surface area (TPSA) is 108 Å². The summed E-state index contributed by atoms with van der Waals surface area (Å²) in [6.45, 7) is -0.353. The molecule has 4 fully saturated rings. The number of carbonyl (C=O) groups excluding carboxylic acids is 3. The molecule has 0 radical (unpaired) electrons. The molecule has 0 aromatic heterocycles. The Morgan fingerprint density at radius 3 is 2.36 bits per heavy atom. The van der Waals surface area contributed by atoms with Gasteiger partial charge in [0.1, 0.15) is 11.6 Å². The van der Waals surface area contributed by atoms with Crippen molar-refractivity contribution in [1.82, 2.24) is 10.2 Å². The van der Waals surface area contributed by atoms with Crippen molar-refractivity contribution in [2.24, 2.45) is 11.8 Å². The van der Waals surface area contributed by atoms with Crippen molar-refractivity contribution in [3.8, 4) is 0 Å². The summed E-state index contributed by atoms with van der Waals surface area (Å²) in [6.07, 6.45) is 4.95. The van der Waals surface area contributed by atoms with Gasteiger partial charge in [-0.2, -0.15) is 0 Å². The Morgan fingerprint density at radius 1 is 1.03 bits per heavy atom. The first-order chi connectivity index (χ1) is 18.9. The van der Waals surface area contributed by atoms with Gasteiger partial charge in [-0.1, -0.05) is 83.7 Å². The molecule has 8 nitrogen and oxygen atoms in total. The highest BCUT2D eigenvalue weighted by Gasteiger charge is 2.77. The number of fused-ring (bicyclic) bond motifs is 1. The molecular formula is C30H34BrN3O5. The largest absolute Gasteiger partial charge is 0.394 e. The van der Waals surface area contributed by atoms with E-state index in [1.54, 1.807) is 12.1 Å². The molecule has 3 amide bonds. The molecule has 2 bridgehead atoms. The highest BCUT2D eigenvalue weighted by atomic mass is 79.9. The number of amides is 3. The second kappa shape index (κ2) is 10.7. The van der Waals surface area contributed by atoms with Gasteiger partial charge in [-0.15, -0.1) is 0 Å². The molecule has 1 saturated carbocycles. The number of likely N-dealkylation sites (tertiary alicyclic amines) is 1. The Hall–Kier alpha value is -2.75. The number of nitrogens with zero attached hydrogens (tertiary/aromatic N) is 1. The molecule has 1 aliphatic carbocycles. The Bertz CT molecular complexity index is 1220. The van der Waals surface area contributed by atoms with Crippen LogP contribution in [-0.4, -0.2) is 63.0 Å². The van der Waals surface area contributed by atoms with Crippen molar-refractivity contribution in [2.75, 3.05) is 11.9 Å². The summed E-state index contributed by atoms with van der Waals surface area (Å²) in [6, 6.07) is 16.7. The van der Waals surface area contributed by atoms with Crippen LogP contribution in [0.15, 0.2) is 60.7 Å².